The maximum Gasteiger partial charge on any atom is 0.261 e. The molecule has 0 spiro atoms. The highest BCUT2D eigenvalue weighted by Crippen LogP contribution is 2.33. The van der Waals surface area contributed by atoms with E-state index in [-0.39, 0.29) is 25.0 Å². The molecule has 0 saturated heterocycles. The number of carbonyl (C=O) groups excluding carboxylic acids is 2. The zero-order chi connectivity index (χ0) is 23.8. The van der Waals surface area contributed by atoms with Crippen LogP contribution in [-0.4, -0.2) is 35.9 Å². The highest BCUT2D eigenvalue weighted by molar-refractivity contribution is 9.10. The Morgan fingerprint density at radius 3 is 2.58 bits per heavy atom. The first kappa shape index (κ1) is 25.1. The molecule has 0 aliphatic heterocycles. The molecule has 33 heavy (non-hydrogen) atoms. The van der Waals surface area contributed by atoms with Crippen molar-refractivity contribution in [3.8, 4) is 5.75 Å². The molecule has 2 amide bonds. The molecule has 0 saturated carbocycles. The number of unbranched alkanes of at least 4 members (excludes halogenated alkanes) is 1. The van der Waals surface area contributed by atoms with Crippen molar-refractivity contribution < 1.29 is 14.3 Å². The summed E-state index contributed by atoms with van der Waals surface area (Å²) in [5.74, 6) is 0.0728. The number of nitrogens with one attached hydrogen (secondary N) is 1. The van der Waals surface area contributed by atoms with Crippen molar-refractivity contribution in [2.24, 2.45) is 0 Å². The third-order valence-corrected chi connectivity index (χ3v) is 6.66. The van der Waals surface area contributed by atoms with Gasteiger partial charge in [0.2, 0.25) is 5.91 Å². The lowest BCUT2D eigenvalue weighted by atomic mass is 10.1. The monoisotopic (exact) mass is 530 g/mol. The summed E-state index contributed by atoms with van der Waals surface area (Å²) in [5.41, 5.74) is 0.771. The average molecular weight is 532 g/mol. The Kier molecular flexibility index (Phi) is 9.15. The van der Waals surface area contributed by atoms with E-state index in [0.29, 0.717) is 17.3 Å². The zero-order valence-electron chi connectivity index (χ0n) is 18.8. The van der Waals surface area contributed by atoms with Crippen molar-refractivity contribution in [2.75, 3.05) is 13.2 Å². The van der Waals surface area contributed by atoms with Gasteiger partial charge in [0.05, 0.1) is 4.47 Å². The minimum Gasteiger partial charge on any atom is -0.483 e. The van der Waals surface area contributed by atoms with Gasteiger partial charge in [-0.2, -0.15) is 0 Å². The molecule has 0 radical (unpaired) electrons. The second-order valence-corrected chi connectivity index (χ2v) is 9.02. The van der Waals surface area contributed by atoms with Gasteiger partial charge in [-0.25, -0.2) is 0 Å². The van der Waals surface area contributed by atoms with E-state index in [4.69, 9.17) is 16.3 Å². The van der Waals surface area contributed by atoms with E-state index >= 15 is 0 Å². The quantitative estimate of drug-likeness (QED) is 0.328. The molecule has 174 valence electrons. The van der Waals surface area contributed by atoms with Crippen LogP contribution >= 0.6 is 27.5 Å². The van der Waals surface area contributed by atoms with Crippen LogP contribution in [0.2, 0.25) is 5.02 Å². The fraction of sp³-hybridized carbons (Fsp3) is 0.308. The lowest BCUT2D eigenvalue weighted by Crippen LogP contribution is -2.49. The number of rotatable bonds is 10. The van der Waals surface area contributed by atoms with Gasteiger partial charge in [0.15, 0.2) is 6.61 Å². The van der Waals surface area contributed by atoms with Crippen LogP contribution in [0.1, 0.15) is 32.3 Å². The van der Waals surface area contributed by atoms with E-state index in [1.54, 1.807) is 13.0 Å². The molecule has 0 bridgehead atoms. The molecule has 3 rings (SSSR count). The number of benzene rings is 3. The number of carbonyl (C=O) groups is 2. The van der Waals surface area contributed by atoms with Crippen LogP contribution in [0.4, 0.5) is 0 Å². The first-order valence-corrected chi connectivity index (χ1v) is 12.2. The molecule has 0 aromatic heterocycles. The van der Waals surface area contributed by atoms with Crippen LogP contribution in [-0.2, 0) is 16.1 Å². The predicted molar refractivity (Wildman–Crippen MR) is 137 cm³/mol. The van der Waals surface area contributed by atoms with Crippen molar-refractivity contribution in [1.29, 1.82) is 0 Å². The molecule has 0 aliphatic rings. The lowest BCUT2D eigenvalue weighted by Gasteiger charge is -2.29. The Bertz CT molecular complexity index is 1120. The summed E-state index contributed by atoms with van der Waals surface area (Å²) in [7, 11) is 0. The molecule has 0 fully saturated rings. The molecular formula is C26H28BrClN2O3. The molecule has 0 aliphatic carbocycles. The van der Waals surface area contributed by atoms with Gasteiger partial charge >= 0.3 is 0 Å². The lowest BCUT2D eigenvalue weighted by molar-refractivity contribution is -0.142. The van der Waals surface area contributed by atoms with Crippen molar-refractivity contribution >= 4 is 50.1 Å². The summed E-state index contributed by atoms with van der Waals surface area (Å²) in [6, 6.07) is 18.3. The molecule has 1 N–H and O–H groups in total. The summed E-state index contributed by atoms with van der Waals surface area (Å²) < 4.78 is 6.67. The largest absolute Gasteiger partial charge is 0.483 e. The summed E-state index contributed by atoms with van der Waals surface area (Å²) in [6.07, 6.45) is 1.86. The number of fused-ring (bicyclic) bond motifs is 1. The third kappa shape index (κ3) is 6.49. The van der Waals surface area contributed by atoms with E-state index in [0.717, 1.165) is 33.7 Å². The Labute approximate surface area is 208 Å². The van der Waals surface area contributed by atoms with E-state index in [2.05, 4.69) is 28.2 Å². The average Bonchev–Trinajstić information content (AvgIpc) is 2.82. The van der Waals surface area contributed by atoms with Crippen molar-refractivity contribution in [2.45, 2.75) is 39.3 Å². The molecule has 1 atom stereocenters. The molecule has 0 heterocycles. The van der Waals surface area contributed by atoms with Crippen LogP contribution in [0.15, 0.2) is 65.1 Å². The SMILES string of the molecule is CCCCNC(=O)[C@@H](C)N(Cc1ccccc1Cl)C(=O)COc1ccc2ccccc2c1Br. The van der Waals surface area contributed by atoms with E-state index < -0.39 is 6.04 Å². The predicted octanol–water partition coefficient (Wildman–Crippen LogP) is 5.97. The number of hydrogen-bond donors (Lipinski definition) is 1. The minimum atomic E-state index is -0.672. The Hall–Kier alpha value is -2.57. The normalized spacial score (nSPS) is 11.8. The van der Waals surface area contributed by atoms with Crippen LogP contribution in [0.25, 0.3) is 10.8 Å². The van der Waals surface area contributed by atoms with E-state index in [9.17, 15) is 9.59 Å². The fourth-order valence-electron chi connectivity index (χ4n) is 3.48. The van der Waals surface area contributed by atoms with Gasteiger partial charge in [-0.1, -0.05) is 73.5 Å². The highest BCUT2D eigenvalue weighted by Gasteiger charge is 2.27. The second-order valence-electron chi connectivity index (χ2n) is 7.82. The summed E-state index contributed by atoms with van der Waals surface area (Å²) in [4.78, 5) is 27.5. The second kappa shape index (κ2) is 12.1. The Morgan fingerprint density at radius 1 is 1.09 bits per heavy atom. The molecule has 3 aromatic rings. The number of halogens is 2. The number of hydrogen-bond acceptors (Lipinski definition) is 3. The first-order valence-electron chi connectivity index (χ1n) is 11.0. The first-order chi connectivity index (χ1) is 15.9. The zero-order valence-corrected chi connectivity index (χ0v) is 21.2. The summed E-state index contributed by atoms with van der Waals surface area (Å²) in [6.45, 7) is 4.37. The summed E-state index contributed by atoms with van der Waals surface area (Å²) in [5, 5.41) is 5.53. The van der Waals surface area contributed by atoms with Crippen molar-refractivity contribution in [3.63, 3.8) is 0 Å². The molecular weight excluding hydrogens is 504 g/mol. The Balaban J connectivity index is 1.77. The molecule has 0 unspecified atom stereocenters. The van der Waals surface area contributed by atoms with Crippen molar-refractivity contribution in [1.82, 2.24) is 10.2 Å². The van der Waals surface area contributed by atoms with Crippen molar-refractivity contribution in [3.05, 3.63) is 75.7 Å². The smallest absolute Gasteiger partial charge is 0.261 e. The fourth-order valence-corrected chi connectivity index (χ4v) is 4.28. The molecule has 5 nitrogen and oxygen atoms in total. The number of amides is 2. The maximum absolute atomic E-state index is 13.2. The minimum absolute atomic E-state index is 0.198. The highest BCUT2D eigenvalue weighted by atomic mass is 79.9. The van der Waals surface area contributed by atoms with E-state index in [1.807, 2.05) is 54.6 Å². The maximum atomic E-state index is 13.2. The van der Waals surface area contributed by atoms with Gasteiger partial charge in [-0.15, -0.1) is 0 Å². The summed E-state index contributed by atoms with van der Waals surface area (Å²) >= 11 is 9.92. The molecule has 7 heteroatoms. The van der Waals surface area contributed by atoms with Crippen LogP contribution in [0.3, 0.4) is 0 Å². The van der Waals surface area contributed by atoms with Gasteiger partial charge < -0.3 is 15.0 Å². The Morgan fingerprint density at radius 2 is 1.82 bits per heavy atom. The van der Waals surface area contributed by atoms with Gasteiger partial charge in [-0.3, -0.25) is 9.59 Å². The van der Waals surface area contributed by atoms with E-state index in [1.165, 1.54) is 4.90 Å². The standard InChI is InChI=1S/C26H28BrClN2O3/c1-3-4-15-29-26(32)18(2)30(16-20-10-6-8-12-22(20)28)24(31)17-33-23-14-13-19-9-5-7-11-21(19)25(23)27/h5-14,18H,3-4,15-17H2,1-2H3,(H,29,32)/t18-/m1/s1. The van der Waals surface area contributed by atoms with Gasteiger partial charge in [0.25, 0.3) is 5.91 Å². The van der Waals surface area contributed by atoms with Crippen LogP contribution < -0.4 is 10.1 Å². The van der Waals surface area contributed by atoms with Crippen LogP contribution in [0, 0.1) is 0 Å². The molecule has 3 aromatic carbocycles. The van der Waals surface area contributed by atoms with Gasteiger partial charge in [0.1, 0.15) is 11.8 Å². The third-order valence-electron chi connectivity index (χ3n) is 5.47. The van der Waals surface area contributed by atoms with Gasteiger partial charge in [-0.05, 0) is 57.7 Å². The van der Waals surface area contributed by atoms with Gasteiger partial charge in [0, 0.05) is 18.1 Å². The topological polar surface area (TPSA) is 58.6 Å². The number of nitrogens with zero attached hydrogens (tertiary/aromatic N) is 1. The number of ether oxygens (including phenoxy) is 1. The van der Waals surface area contributed by atoms with Crippen LogP contribution in [0.5, 0.6) is 5.75 Å².